The molecule has 0 bridgehead atoms. The highest BCUT2D eigenvalue weighted by atomic mass is 31.2. The van der Waals surface area contributed by atoms with Crippen LogP contribution in [0.5, 0.6) is 0 Å². The van der Waals surface area contributed by atoms with E-state index in [4.69, 9.17) is 37.0 Å². The van der Waals surface area contributed by atoms with Gasteiger partial charge in [-0.2, -0.15) is 0 Å². The predicted molar refractivity (Wildman–Crippen MR) is 363 cm³/mol. The summed E-state index contributed by atoms with van der Waals surface area (Å²) >= 11 is 0. The molecule has 0 spiro atoms. The fourth-order valence-electron chi connectivity index (χ4n) is 10.8. The summed E-state index contributed by atoms with van der Waals surface area (Å²) < 4.78 is 68.2. The average molecular weight is 1330 g/mol. The Morgan fingerprint density at radius 2 is 0.511 bits per heavy atom. The summed E-state index contributed by atoms with van der Waals surface area (Å²) in [5.41, 5.74) is 0. The van der Waals surface area contributed by atoms with Gasteiger partial charge < -0.3 is 33.8 Å². The highest BCUT2D eigenvalue weighted by molar-refractivity contribution is 7.47. The summed E-state index contributed by atoms with van der Waals surface area (Å²) in [4.78, 5) is 72.5. The molecule has 0 saturated heterocycles. The standard InChI is InChI=1S/C71H138O17P2/c1-7-9-11-13-15-16-17-18-21-24-30-36-42-48-54-69(74)82-60-67(88-70(75)55-49-43-37-31-25-22-19-20-23-28-34-39-45-51-63(3)4)62-86-90(79,80)84-58-65(72)57-83-89(77,78)85-61-66(59-81-68(73)53-47-41-33-14-12-10-8-2)87-71(76)56-50-44-38-32-27-26-29-35-40-46-52-64(5)6/h63-67,72H,7-62H2,1-6H3,(H,77,78)(H,79,80)/t65-,66+,67+/m0/s1. The molecule has 0 radical (unpaired) electrons. The molecular formula is C71H138O17P2. The largest absolute Gasteiger partial charge is 0.472 e. The van der Waals surface area contributed by atoms with Crippen LogP contribution in [-0.4, -0.2) is 96.7 Å². The van der Waals surface area contributed by atoms with Gasteiger partial charge in [-0.05, 0) is 37.5 Å². The van der Waals surface area contributed by atoms with Crippen LogP contribution in [0.2, 0.25) is 0 Å². The lowest BCUT2D eigenvalue weighted by molar-refractivity contribution is -0.161. The number of aliphatic hydroxyl groups excluding tert-OH is 1. The zero-order chi connectivity index (χ0) is 66.5. The van der Waals surface area contributed by atoms with Crippen LogP contribution in [0.15, 0.2) is 0 Å². The molecule has 0 rings (SSSR count). The summed E-state index contributed by atoms with van der Waals surface area (Å²) in [6, 6.07) is 0. The molecule has 3 N–H and O–H groups in total. The molecule has 0 heterocycles. The van der Waals surface area contributed by atoms with Gasteiger partial charge in [-0.25, -0.2) is 9.13 Å². The number of carbonyl (C=O) groups excluding carboxylic acids is 4. The van der Waals surface area contributed by atoms with Crippen molar-refractivity contribution in [1.82, 2.24) is 0 Å². The number of ether oxygens (including phenoxy) is 4. The molecule has 0 aliphatic carbocycles. The lowest BCUT2D eigenvalue weighted by Crippen LogP contribution is -2.30. The van der Waals surface area contributed by atoms with E-state index in [9.17, 15) is 43.2 Å². The molecule has 0 aromatic carbocycles. The van der Waals surface area contributed by atoms with E-state index >= 15 is 0 Å². The number of aliphatic hydroxyl groups is 1. The van der Waals surface area contributed by atoms with Crippen molar-refractivity contribution in [3.05, 3.63) is 0 Å². The first-order chi connectivity index (χ1) is 43.4. The summed E-state index contributed by atoms with van der Waals surface area (Å²) in [5.74, 6) is -0.587. The third-order valence-electron chi connectivity index (χ3n) is 16.5. The van der Waals surface area contributed by atoms with Crippen molar-refractivity contribution in [1.29, 1.82) is 0 Å². The van der Waals surface area contributed by atoms with Gasteiger partial charge in [0.1, 0.15) is 19.3 Å². The Balaban J connectivity index is 5.21. The van der Waals surface area contributed by atoms with Crippen LogP contribution in [0.4, 0.5) is 0 Å². The Morgan fingerprint density at radius 3 is 0.756 bits per heavy atom. The molecule has 2 unspecified atom stereocenters. The van der Waals surface area contributed by atoms with E-state index in [0.717, 1.165) is 115 Å². The minimum atomic E-state index is -4.95. The van der Waals surface area contributed by atoms with E-state index in [1.165, 1.54) is 167 Å². The zero-order valence-electron chi connectivity index (χ0n) is 58.4. The van der Waals surface area contributed by atoms with Crippen molar-refractivity contribution < 1.29 is 80.2 Å². The summed E-state index contributed by atoms with van der Waals surface area (Å²) in [6.07, 6.45) is 48.6. The van der Waals surface area contributed by atoms with Crippen molar-refractivity contribution in [2.75, 3.05) is 39.6 Å². The van der Waals surface area contributed by atoms with Crippen LogP contribution in [0.25, 0.3) is 0 Å². The smallest absolute Gasteiger partial charge is 0.462 e. The van der Waals surface area contributed by atoms with Gasteiger partial charge in [0.05, 0.1) is 26.4 Å². The molecule has 0 aromatic rings. The van der Waals surface area contributed by atoms with Crippen molar-refractivity contribution in [2.24, 2.45) is 11.8 Å². The molecule has 5 atom stereocenters. The minimum Gasteiger partial charge on any atom is -0.462 e. The number of hydrogen-bond acceptors (Lipinski definition) is 15. The Hall–Kier alpha value is -1.94. The maximum atomic E-state index is 13.0. The number of rotatable bonds is 70. The second-order valence-corrected chi connectivity index (χ2v) is 29.5. The Labute approximate surface area is 549 Å². The fourth-order valence-corrected chi connectivity index (χ4v) is 12.3. The Bertz CT molecular complexity index is 1750. The van der Waals surface area contributed by atoms with Crippen molar-refractivity contribution in [2.45, 2.75) is 381 Å². The van der Waals surface area contributed by atoms with Crippen molar-refractivity contribution in [3.8, 4) is 0 Å². The van der Waals surface area contributed by atoms with Gasteiger partial charge in [0.2, 0.25) is 0 Å². The van der Waals surface area contributed by atoms with E-state index in [1.807, 2.05) is 0 Å². The van der Waals surface area contributed by atoms with E-state index in [-0.39, 0.29) is 25.7 Å². The van der Waals surface area contributed by atoms with E-state index in [1.54, 1.807) is 0 Å². The summed E-state index contributed by atoms with van der Waals surface area (Å²) in [6.45, 7) is 9.53. The SMILES string of the molecule is CCCCCCCCCCCCCCCCC(=O)OC[C@H](COP(=O)(O)OC[C@@H](O)COP(=O)(O)OC[C@@H](COC(=O)CCCCCCCCC)OC(=O)CCCCCCCCCCCCC(C)C)OC(=O)CCCCCCCCCCCCCCCC(C)C. The van der Waals surface area contributed by atoms with Gasteiger partial charge in [-0.3, -0.25) is 37.3 Å². The first-order valence-electron chi connectivity index (χ1n) is 37.0. The molecule has 0 aromatic heterocycles. The first kappa shape index (κ1) is 88.1. The lowest BCUT2D eigenvalue weighted by Gasteiger charge is -2.21. The second-order valence-electron chi connectivity index (χ2n) is 26.6. The first-order valence-corrected chi connectivity index (χ1v) is 40.0. The van der Waals surface area contributed by atoms with Crippen LogP contribution < -0.4 is 0 Å². The molecule has 534 valence electrons. The maximum Gasteiger partial charge on any atom is 0.472 e. The molecule has 0 fully saturated rings. The van der Waals surface area contributed by atoms with Gasteiger partial charge in [0.25, 0.3) is 0 Å². The minimum absolute atomic E-state index is 0.106. The van der Waals surface area contributed by atoms with Crippen LogP contribution >= 0.6 is 15.6 Å². The van der Waals surface area contributed by atoms with Gasteiger partial charge in [-0.15, -0.1) is 0 Å². The van der Waals surface area contributed by atoms with Gasteiger partial charge >= 0.3 is 39.5 Å². The van der Waals surface area contributed by atoms with E-state index < -0.39 is 97.5 Å². The van der Waals surface area contributed by atoms with Gasteiger partial charge in [0, 0.05) is 25.7 Å². The van der Waals surface area contributed by atoms with Crippen molar-refractivity contribution >= 4 is 39.5 Å². The number of hydrogen-bond donors (Lipinski definition) is 3. The molecule has 0 amide bonds. The molecule has 19 heteroatoms. The third kappa shape index (κ3) is 64.8. The molecule has 17 nitrogen and oxygen atoms in total. The number of esters is 4. The van der Waals surface area contributed by atoms with Gasteiger partial charge in [0.15, 0.2) is 12.2 Å². The van der Waals surface area contributed by atoms with Crippen molar-refractivity contribution in [3.63, 3.8) is 0 Å². The lowest BCUT2D eigenvalue weighted by atomic mass is 10.0. The molecule has 0 saturated carbocycles. The monoisotopic (exact) mass is 1320 g/mol. The predicted octanol–water partition coefficient (Wildman–Crippen LogP) is 20.4. The van der Waals surface area contributed by atoms with Crippen LogP contribution in [0.1, 0.15) is 363 Å². The number of phosphoric acid groups is 2. The molecule has 0 aliphatic rings. The number of phosphoric ester groups is 2. The maximum absolute atomic E-state index is 13.0. The Morgan fingerprint density at radius 1 is 0.300 bits per heavy atom. The van der Waals surface area contributed by atoms with E-state index in [0.29, 0.717) is 25.7 Å². The second kappa shape index (κ2) is 63.1. The van der Waals surface area contributed by atoms with Crippen LogP contribution in [0.3, 0.4) is 0 Å². The summed E-state index contributed by atoms with van der Waals surface area (Å²) in [5, 5.41) is 10.6. The quantitative estimate of drug-likeness (QED) is 0.0222. The zero-order valence-corrected chi connectivity index (χ0v) is 60.2. The normalized spacial score (nSPS) is 14.1. The van der Waals surface area contributed by atoms with E-state index in [2.05, 4.69) is 41.5 Å². The number of carbonyl (C=O) groups is 4. The third-order valence-corrected chi connectivity index (χ3v) is 18.4. The average Bonchev–Trinajstić information content (AvgIpc) is 2.74. The van der Waals surface area contributed by atoms with Crippen LogP contribution in [0, 0.1) is 11.8 Å². The number of unbranched alkanes of at least 4 members (excludes halogenated alkanes) is 40. The Kier molecular flexibility index (Phi) is 61.8. The highest BCUT2D eigenvalue weighted by Gasteiger charge is 2.30. The molecule has 90 heavy (non-hydrogen) atoms. The van der Waals surface area contributed by atoms with Crippen LogP contribution in [-0.2, 0) is 65.4 Å². The molecule has 0 aliphatic heterocycles. The highest BCUT2D eigenvalue weighted by Crippen LogP contribution is 2.45. The van der Waals surface area contributed by atoms with Gasteiger partial charge in [-0.1, -0.05) is 311 Å². The summed E-state index contributed by atoms with van der Waals surface area (Å²) in [7, 11) is -9.90. The molecular weight excluding hydrogens is 1190 g/mol. The topological polar surface area (TPSA) is 237 Å². The fraction of sp³-hybridized carbons (Fsp3) is 0.944.